The molecule has 0 spiro atoms. The van der Waals surface area contributed by atoms with Crippen molar-refractivity contribution in [1.29, 1.82) is 0 Å². The highest BCUT2D eigenvalue weighted by Gasteiger charge is 2.13. The number of carbonyl (C=O) groups is 1. The summed E-state index contributed by atoms with van der Waals surface area (Å²) in [6.45, 7) is 0.227. The van der Waals surface area contributed by atoms with Crippen molar-refractivity contribution in [2.24, 2.45) is 0 Å². The average Bonchev–Trinajstić information content (AvgIpc) is 2.87. The molecule has 20 heavy (non-hydrogen) atoms. The summed E-state index contributed by atoms with van der Waals surface area (Å²) in [6.07, 6.45) is 2.70. The highest BCUT2D eigenvalue weighted by molar-refractivity contribution is 5.84. The number of hydrogen-bond donors (Lipinski definition) is 1. The van der Waals surface area contributed by atoms with Gasteiger partial charge in [0.2, 0.25) is 0 Å². The van der Waals surface area contributed by atoms with Crippen LogP contribution in [0, 0.1) is 10.1 Å². The van der Waals surface area contributed by atoms with Crippen LogP contribution in [-0.4, -0.2) is 32.7 Å². The van der Waals surface area contributed by atoms with Crippen LogP contribution in [0.1, 0.15) is 16.1 Å². The van der Waals surface area contributed by atoms with Crippen LogP contribution in [-0.2, 0) is 6.54 Å². The second kappa shape index (κ2) is 5.39. The van der Waals surface area contributed by atoms with E-state index in [4.69, 9.17) is 9.84 Å². The zero-order valence-corrected chi connectivity index (χ0v) is 10.5. The van der Waals surface area contributed by atoms with E-state index in [-0.39, 0.29) is 17.9 Å². The molecular formula is C12H11N3O5. The van der Waals surface area contributed by atoms with Crippen molar-refractivity contribution in [3.63, 3.8) is 0 Å². The first kappa shape index (κ1) is 13.5. The molecular weight excluding hydrogens is 266 g/mol. The smallest absolute Gasteiger partial charge is 0.356 e. The van der Waals surface area contributed by atoms with Crippen molar-refractivity contribution >= 4 is 11.7 Å². The molecule has 0 bridgehead atoms. The number of aromatic carboxylic acids is 1. The maximum Gasteiger partial charge on any atom is 0.356 e. The number of aromatic nitrogens is 2. The van der Waals surface area contributed by atoms with E-state index in [0.29, 0.717) is 11.3 Å². The monoisotopic (exact) mass is 277 g/mol. The molecule has 0 aliphatic rings. The van der Waals surface area contributed by atoms with Crippen LogP contribution in [0.2, 0.25) is 0 Å². The molecule has 1 N–H and O–H groups in total. The van der Waals surface area contributed by atoms with Crippen LogP contribution in [0.3, 0.4) is 0 Å². The first-order chi connectivity index (χ1) is 9.51. The first-order valence-corrected chi connectivity index (χ1v) is 5.57. The summed E-state index contributed by atoms with van der Waals surface area (Å²) in [6, 6.07) is 4.24. The Hall–Kier alpha value is -2.90. The number of rotatable bonds is 5. The van der Waals surface area contributed by atoms with Crippen molar-refractivity contribution in [2.75, 3.05) is 7.11 Å². The molecule has 0 fully saturated rings. The highest BCUT2D eigenvalue weighted by atomic mass is 16.6. The molecule has 8 heteroatoms. The maximum absolute atomic E-state index is 10.8. The van der Waals surface area contributed by atoms with Crippen molar-refractivity contribution in [3.05, 3.63) is 52.1 Å². The van der Waals surface area contributed by atoms with Gasteiger partial charge in [0, 0.05) is 23.9 Å². The van der Waals surface area contributed by atoms with Gasteiger partial charge >= 0.3 is 5.97 Å². The second-order valence-electron chi connectivity index (χ2n) is 3.99. The topological polar surface area (TPSA) is 107 Å². The zero-order valence-electron chi connectivity index (χ0n) is 10.5. The van der Waals surface area contributed by atoms with Crippen LogP contribution in [0.5, 0.6) is 5.75 Å². The largest absolute Gasteiger partial charge is 0.496 e. The first-order valence-electron chi connectivity index (χ1n) is 5.57. The fraction of sp³-hybridized carbons (Fsp3) is 0.167. The zero-order chi connectivity index (χ0) is 14.7. The second-order valence-corrected chi connectivity index (χ2v) is 3.99. The minimum absolute atomic E-state index is 0.0561. The van der Waals surface area contributed by atoms with Gasteiger partial charge in [-0.15, -0.1) is 0 Å². The van der Waals surface area contributed by atoms with E-state index in [1.54, 1.807) is 0 Å². The predicted molar refractivity (Wildman–Crippen MR) is 67.9 cm³/mol. The van der Waals surface area contributed by atoms with Gasteiger partial charge in [-0.05, 0) is 6.07 Å². The van der Waals surface area contributed by atoms with Gasteiger partial charge in [0.05, 0.1) is 24.9 Å². The number of non-ortho nitro benzene ring substituents is 1. The summed E-state index contributed by atoms with van der Waals surface area (Å²) in [5.74, 6) is -0.643. The maximum atomic E-state index is 10.8. The van der Waals surface area contributed by atoms with Gasteiger partial charge in [0.25, 0.3) is 5.69 Å². The van der Waals surface area contributed by atoms with Gasteiger partial charge < -0.3 is 14.4 Å². The minimum atomic E-state index is -1.13. The molecule has 0 saturated heterocycles. The Labute approximate surface area is 113 Å². The van der Waals surface area contributed by atoms with Gasteiger partial charge in [-0.25, -0.2) is 9.78 Å². The van der Waals surface area contributed by atoms with Crippen molar-refractivity contribution in [2.45, 2.75) is 6.54 Å². The lowest BCUT2D eigenvalue weighted by atomic mass is 10.1. The molecule has 0 aliphatic carbocycles. The van der Waals surface area contributed by atoms with E-state index in [1.165, 1.54) is 42.4 Å². The van der Waals surface area contributed by atoms with Crippen LogP contribution in [0.25, 0.3) is 0 Å². The summed E-state index contributed by atoms with van der Waals surface area (Å²) < 4.78 is 6.65. The molecule has 2 rings (SSSR count). The molecule has 1 heterocycles. The summed E-state index contributed by atoms with van der Waals surface area (Å²) in [5.41, 5.74) is 0.421. The summed E-state index contributed by atoms with van der Waals surface area (Å²) in [5, 5.41) is 19.6. The number of ether oxygens (including phenoxy) is 1. The molecule has 0 saturated carbocycles. The molecule has 0 aliphatic heterocycles. The summed E-state index contributed by atoms with van der Waals surface area (Å²) in [4.78, 5) is 24.7. The number of carboxylic acids is 1. The van der Waals surface area contributed by atoms with Gasteiger partial charge in [-0.1, -0.05) is 0 Å². The molecule has 0 radical (unpaired) electrons. The van der Waals surface area contributed by atoms with Crippen molar-refractivity contribution in [1.82, 2.24) is 9.55 Å². The number of nitrogens with zero attached hydrogens (tertiary/aromatic N) is 3. The quantitative estimate of drug-likeness (QED) is 0.656. The van der Waals surface area contributed by atoms with E-state index >= 15 is 0 Å². The Morgan fingerprint density at radius 3 is 2.85 bits per heavy atom. The molecule has 104 valence electrons. The molecule has 0 unspecified atom stereocenters. The molecule has 1 aromatic heterocycles. The average molecular weight is 277 g/mol. The van der Waals surface area contributed by atoms with Crippen LogP contribution < -0.4 is 4.74 Å². The Bertz CT molecular complexity index is 665. The normalized spacial score (nSPS) is 10.2. The SMILES string of the molecule is COc1ccc([N+](=O)[O-])cc1Cn1cnc(C(=O)O)c1. The fourth-order valence-electron chi connectivity index (χ4n) is 1.76. The molecule has 8 nitrogen and oxygen atoms in total. The summed E-state index contributed by atoms with van der Waals surface area (Å²) >= 11 is 0. The number of carboxylic acid groups (broad SMARTS) is 1. The van der Waals surface area contributed by atoms with Gasteiger partial charge in [0.1, 0.15) is 5.75 Å². The number of methoxy groups -OCH3 is 1. The Morgan fingerprint density at radius 1 is 1.55 bits per heavy atom. The molecule has 1 aromatic carbocycles. The van der Waals surface area contributed by atoms with E-state index in [2.05, 4.69) is 4.98 Å². The third-order valence-corrected chi connectivity index (χ3v) is 2.68. The standard InChI is InChI=1S/C12H11N3O5/c1-20-11-3-2-9(15(18)19)4-8(11)5-14-6-10(12(16)17)13-7-14/h2-4,6-7H,5H2,1H3,(H,16,17). The Kier molecular flexibility index (Phi) is 3.65. The van der Waals surface area contributed by atoms with Crippen LogP contribution in [0.4, 0.5) is 5.69 Å². The van der Waals surface area contributed by atoms with Gasteiger partial charge in [-0.2, -0.15) is 0 Å². The lowest BCUT2D eigenvalue weighted by Gasteiger charge is -2.08. The van der Waals surface area contributed by atoms with Gasteiger partial charge in [-0.3, -0.25) is 10.1 Å². The number of imidazole rings is 1. The third kappa shape index (κ3) is 2.74. The predicted octanol–water partition coefficient (Wildman–Crippen LogP) is 1.55. The molecule has 2 aromatic rings. The number of nitro benzene ring substituents is 1. The highest BCUT2D eigenvalue weighted by Crippen LogP contribution is 2.24. The van der Waals surface area contributed by atoms with E-state index in [1.807, 2.05) is 0 Å². The third-order valence-electron chi connectivity index (χ3n) is 2.68. The minimum Gasteiger partial charge on any atom is -0.496 e. The van der Waals surface area contributed by atoms with Crippen molar-refractivity contribution < 1.29 is 19.6 Å². The van der Waals surface area contributed by atoms with E-state index in [0.717, 1.165) is 0 Å². The van der Waals surface area contributed by atoms with E-state index in [9.17, 15) is 14.9 Å². The lowest BCUT2D eigenvalue weighted by molar-refractivity contribution is -0.384. The Morgan fingerprint density at radius 2 is 2.30 bits per heavy atom. The number of benzene rings is 1. The molecule has 0 atom stereocenters. The van der Waals surface area contributed by atoms with Crippen LogP contribution in [0.15, 0.2) is 30.7 Å². The number of nitro groups is 1. The van der Waals surface area contributed by atoms with E-state index < -0.39 is 10.9 Å². The van der Waals surface area contributed by atoms with Gasteiger partial charge in [0.15, 0.2) is 5.69 Å². The molecule has 0 amide bonds. The van der Waals surface area contributed by atoms with Crippen molar-refractivity contribution in [3.8, 4) is 5.75 Å². The summed E-state index contributed by atoms with van der Waals surface area (Å²) in [7, 11) is 1.46. The fourth-order valence-corrected chi connectivity index (χ4v) is 1.76. The Balaban J connectivity index is 2.32. The number of hydrogen-bond acceptors (Lipinski definition) is 5. The lowest BCUT2D eigenvalue weighted by Crippen LogP contribution is -2.01. The van der Waals surface area contributed by atoms with Crippen LogP contribution >= 0.6 is 0 Å².